The van der Waals surface area contributed by atoms with E-state index in [0.717, 1.165) is 24.3 Å². The van der Waals surface area contributed by atoms with E-state index in [1.165, 1.54) is 11.1 Å². The van der Waals surface area contributed by atoms with Gasteiger partial charge >= 0.3 is 6.03 Å². The molecule has 3 N–H and O–H groups in total. The Balaban J connectivity index is 1.65. The highest BCUT2D eigenvalue weighted by atomic mass is 32.2. The molecule has 1 aromatic carbocycles. The van der Waals surface area contributed by atoms with Crippen molar-refractivity contribution in [2.24, 2.45) is 11.7 Å². The minimum atomic E-state index is -0.434. The molecule has 1 heterocycles. The number of nitrogens with one attached hydrogen (secondary N) is 1. The summed E-state index contributed by atoms with van der Waals surface area (Å²) in [6, 6.07) is 7.92. The number of primary amides is 1. The van der Waals surface area contributed by atoms with Crippen molar-refractivity contribution in [2.75, 3.05) is 25.4 Å². The molecular formula is C17H25N3O2S. The largest absolute Gasteiger partial charge is 0.355 e. The smallest absolute Gasteiger partial charge is 0.314 e. The molecule has 126 valence electrons. The molecule has 1 aliphatic heterocycles. The first-order valence-electron chi connectivity index (χ1n) is 8.02. The van der Waals surface area contributed by atoms with Crippen LogP contribution < -0.4 is 11.1 Å². The third-order valence-corrected chi connectivity index (χ3v) is 5.18. The van der Waals surface area contributed by atoms with Crippen molar-refractivity contribution in [3.63, 3.8) is 0 Å². The Morgan fingerprint density at radius 2 is 2.17 bits per heavy atom. The SMILES string of the molecule is Cc1ccccc1CSCCNC(=O)[C@H]1CCCN(C(N)=O)C1. The van der Waals surface area contributed by atoms with Gasteiger partial charge in [0, 0.05) is 31.1 Å². The molecule has 0 bridgehead atoms. The predicted molar refractivity (Wildman–Crippen MR) is 94.2 cm³/mol. The molecule has 1 aliphatic rings. The first-order chi connectivity index (χ1) is 11.1. The topological polar surface area (TPSA) is 75.4 Å². The fourth-order valence-corrected chi connectivity index (χ4v) is 3.67. The van der Waals surface area contributed by atoms with Gasteiger partial charge in [-0.1, -0.05) is 24.3 Å². The van der Waals surface area contributed by atoms with Crippen LogP contribution in [0.15, 0.2) is 24.3 Å². The summed E-state index contributed by atoms with van der Waals surface area (Å²) in [6.07, 6.45) is 1.66. The number of likely N-dealkylation sites (tertiary alicyclic amines) is 1. The average Bonchev–Trinajstić information content (AvgIpc) is 2.56. The summed E-state index contributed by atoms with van der Waals surface area (Å²) >= 11 is 1.82. The number of urea groups is 1. The number of hydrogen-bond acceptors (Lipinski definition) is 3. The van der Waals surface area contributed by atoms with Gasteiger partial charge in [0.05, 0.1) is 5.92 Å². The number of rotatable bonds is 6. The van der Waals surface area contributed by atoms with E-state index in [1.54, 1.807) is 4.90 Å². The van der Waals surface area contributed by atoms with Crippen LogP contribution >= 0.6 is 11.8 Å². The lowest BCUT2D eigenvalue weighted by Gasteiger charge is -2.30. The summed E-state index contributed by atoms with van der Waals surface area (Å²) in [5.41, 5.74) is 7.93. The molecule has 0 saturated carbocycles. The Labute approximate surface area is 142 Å². The van der Waals surface area contributed by atoms with Gasteiger partial charge in [-0.3, -0.25) is 4.79 Å². The summed E-state index contributed by atoms with van der Waals surface area (Å²) in [5, 5.41) is 2.97. The predicted octanol–water partition coefficient (Wildman–Crippen LogP) is 2.14. The molecule has 1 fully saturated rings. The molecule has 0 aliphatic carbocycles. The number of piperidine rings is 1. The number of nitrogens with two attached hydrogens (primary N) is 1. The number of carbonyl (C=O) groups is 2. The van der Waals surface area contributed by atoms with Crippen LogP contribution in [0.5, 0.6) is 0 Å². The summed E-state index contributed by atoms with van der Waals surface area (Å²) in [7, 11) is 0. The third kappa shape index (κ3) is 5.46. The van der Waals surface area contributed by atoms with Crippen molar-refractivity contribution in [1.29, 1.82) is 0 Å². The quantitative estimate of drug-likeness (QED) is 0.782. The van der Waals surface area contributed by atoms with Gasteiger partial charge in [-0.15, -0.1) is 0 Å². The van der Waals surface area contributed by atoms with Crippen molar-refractivity contribution in [3.8, 4) is 0 Å². The highest BCUT2D eigenvalue weighted by Crippen LogP contribution is 2.17. The van der Waals surface area contributed by atoms with E-state index in [-0.39, 0.29) is 11.8 Å². The minimum absolute atomic E-state index is 0.0347. The second-order valence-corrected chi connectivity index (χ2v) is 7.00. The number of amides is 3. The van der Waals surface area contributed by atoms with E-state index in [9.17, 15) is 9.59 Å². The maximum atomic E-state index is 12.2. The van der Waals surface area contributed by atoms with Crippen molar-refractivity contribution in [3.05, 3.63) is 35.4 Å². The highest BCUT2D eigenvalue weighted by Gasteiger charge is 2.26. The molecular weight excluding hydrogens is 310 g/mol. The van der Waals surface area contributed by atoms with Crippen LogP contribution in [0.25, 0.3) is 0 Å². The lowest BCUT2D eigenvalue weighted by atomic mass is 9.97. The molecule has 5 nitrogen and oxygen atoms in total. The van der Waals surface area contributed by atoms with Crippen LogP contribution in [0, 0.1) is 12.8 Å². The molecule has 0 radical (unpaired) electrons. The Morgan fingerprint density at radius 1 is 1.39 bits per heavy atom. The molecule has 0 unspecified atom stereocenters. The van der Waals surface area contributed by atoms with Gasteiger partial charge in [-0.05, 0) is 30.9 Å². The van der Waals surface area contributed by atoms with Gasteiger partial charge in [0.1, 0.15) is 0 Å². The Kier molecular flexibility index (Phi) is 6.77. The molecule has 23 heavy (non-hydrogen) atoms. The van der Waals surface area contributed by atoms with Crippen LogP contribution in [0.4, 0.5) is 4.79 Å². The van der Waals surface area contributed by atoms with Gasteiger partial charge in [0.15, 0.2) is 0 Å². The number of hydrogen-bond donors (Lipinski definition) is 2. The lowest BCUT2D eigenvalue weighted by Crippen LogP contribution is -2.47. The van der Waals surface area contributed by atoms with Crippen molar-refractivity contribution in [2.45, 2.75) is 25.5 Å². The van der Waals surface area contributed by atoms with Gasteiger partial charge < -0.3 is 16.0 Å². The second kappa shape index (κ2) is 8.82. The Morgan fingerprint density at radius 3 is 2.91 bits per heavy atom. The number of nitrogens with zero attached hydrogens (tertiary/aromatic N) is 1. The highest BCUT2D eigenvalue weighted by molar-refractivity contribution is 7.98. The second-order valence-electron chi connectivity index (χ2n) is 5.89. The third-order valence-electron chi connectivity index (χ3n) is 4.17. The first kappa shape index (κ1) is 17.7. The van der Waals surface area contributed by atoms with Gasteiger partial charge in [-0.2, -0.15) is 11.8 Å². The monoisotopic (exact) mass is 335 g/mol. The Bertz CT molecular complexity index is 550. The number of benzene rings is 1. The van der Waals surface area contributed by atoms with Crippen molar-refractivity contribution in [1.82, 2.24) is 10.2 Å². The maximum absolute atomic E-state index is 12.2. The molecule has 1 saturated heterocycles. The van der Waals surface area contributed by atoms with Crippen molar-refractivity contribution < 1.29 is 9.59 Å². The fraction of sp³-hybridized carbons (Fsp3) is 0.529. The van der Waals surface area contributed by atoms with Crippen LogP contribution in [-0.4, -0.2) is 42.2 Å². The summed E-state index contributed by atoms with van der Waals surface area (Å²) in [5.74, 6) is 1.75. The zero-order chi connectivity index (χ0) is 16.7. The fourth-order valence-electron chi connectivity index (χ4n) is 2.74. The molecule has 1 aromatic rings. The molecule has 3 amide bonds. The van der Waals surface area contributed by atoms with Crippen LogP contribution in [-0.2, 0) is 10.5 Å². The normalized spacial score (nSPS) is 17.8. The summed E-state index contributed by atoms with van der Waals surface area (Å²) < 4.78 is 0. The van der Waals surface area contributed by atoms with Crippen molar-refractivity contribution >= 4 is 23.7 Å². The molecule has 0 aromatic heterocycles. The molecule has 2 rings (SSSR count). The minimum Gasteiger partial charge on any atom is -0.355 e. The molecule has 1 atom stereocenters. The number of carbonyl (C=O) groups excluding carboxylic acids is 2. The average molecular weight is 335 g/mol. The first-order valence-corrected chi connectivity index (χ1v) is 9.17. The Hall–Kier alpha value is -1.69. The molecule has 6 heteroatoms. The maximum Gasteiger partial charge on any atom is 0.314 e. The van der Waals surface area contributed by atoms with Crippen LogP contribution in [0.2, 0.25) is 0 Å². The van der Waals surface area contributed by atoms with Crippen LogP contribution in [0.3, 0.4) is 0 Å². The van der Waals surface area contributed by atoms with E-state index in [4.69, 9.17) is 5.73 Å². The standard InChI is InChI=1S/C17H25N3O2S/c1-13-5-2-3-6-15(13)12-23-10-8-19-16(21)14-7-4-9-20(11-14)17(18)22/h2-3,5-6,14H,4,7-12H2,1H3,(H2,18,22)(H,19,21)/t14-/m0/s1. The van der Waals surface area contributed by atoms with E-state index in [1.807, 2.05) is 17.8 Å². The van der Waals surface area contributed by atoms with Gasteiger partial charge in [0.25, 0.3) is 0 Å². The van der Waals surface area contributed by atoms with E-state index in [2.05, 4.69) is 30.4 Å². The van der Waals surface area contributed by atoms with E-state index in [0.29, 0.717) is 19.6 Å². The number of aryl methyl sites for hydroxylation is 1. The lowest BCUT2D eigenvalue weighted by molar-refractivity contribution is -0.126. The molecule has 0 spiro atoms. The van der Waals surface area contributed by atoms with Gasteiger partial charge in [-0.25, -0.2) is 4.79 Å². The van der Waals surface area contributed by atoms with Crippen LogP contribution in [0.1, 0.15) is 24.0 Å². The summed E-state index contributed by atoms with van der Waals surface area (Å²) in [6.45, 7) is 3.87. The summed E-state index contributed by atoms with van der Waals surface area (Å²) in [4.78, 5) is 24.9. The zero-order valence-corrected chi connectivity index (χ0v) is 14.4. The van der Waals surface area contributed by atoms with Gasteiger partial charge in [0.2, 0.25) is 5.91 Å². The zero-order valence-electron chi connectivity index (χ0n) is 13.6. The number of thioether (sulfide) groups is 1. The van der Waals surface area contributed by atoms with E-state index < -0.39 is 6.03 Å². The van der Waals surface area contributed by atoms with E-state index >= 15 is 0 Å².